The Bertz CT molecular complexity index is 311. The summed E-state index contributed by atoms with van der Waals surface area (Å²) < 4.78 is 1.85. The van der Waals surface area contributed by atoms with Crippen LogP contribution in [0.15, 0.2) is 17.3 Å². The molecule has 0 aromatic carbocycles. The number of nitrogens with zero attached hydrogens (tertiary/aromatic N) is 2. The fourth-order valence-corrected chi connectivity index (χ4v) is 3.23. The summed E-state index contributed by atoms with van der Waals surface area (Å²) >= 11 is 1.89. The largest absolute Gasteiger partial charge is 0.327 e. The third-order valence-corrected chi connectivity index (χ3v) is 4.14. The zero-order chi connectivity index (χ0) is 10.7. The van der Waals surface area contributed by atoms with Crippen LogP contribution in [0.5, 0.6) is 0 Å². The average molecular weight is 225 g/mol. The summed E-state index contributed by atoms with van der Waals surface area (Å²) in [5.41, 5.74) is 6.04. The van der Waals surface area contributed by atoms with Gasteiger partial charge in [0.2, 0.25) is 0 Å². The lowest BCUT2D eigenvalue weighted by Crippen LogP contribution is -2.24. The molecule has 0 saturated heterocycles. The molecule has 1 aromatic rings. The molecular formula is C11H19N3S. The van der Waals surface area contributed by atoms with Crippen LogP contribution in [0.1, 0.15) is 25.7 Å². The number of aromatic nitrogens is 2. The molecule has 0 bridgehead atoms. The van der Waals surface area contributed by atoms with Crippen LogP contribution in [-0.4, -0.2) is 21.6 Å². The van der Waals surface area contributed by atoms with Gasteiger partial charge < -0.3 is 5.73 Å². The van der Waals surface area contributed by atoms with E-state index in [-0.39, 0.29) is 0 Å². The van der Waals surface area contributed by atoms with Gasteiger partial charge in [-0.25, -0.2) is 0 Å². The van der Waals surface area contributed by atoms with Gasteiger partial charge in [-0.3, -0.25) is 4.68 Å². The van der Waals surface area contributed by atoms with Gasteiger partial charge in [-0.2, -0.15) is 5.10 Å². The van der Waals surface area contributed by atoms with E-state index in [1.54, 1.807) is 0 Å². The minimum absolute atomic E-state index is 0.458. The Morgan fingerprint density at radius 3 is 3.07 bits per heavy atom. The van der Waals surface area contributed by atoms with Gasteiger partial charge in [-0.1, -0.05) is 6.42 Å². The van der Waals surface area contributed by atoms with Crippen molar-refractivity contribution in [2.75, 3.05) is 5.75 Å². The number of nitrogens with two attached hydrogens (primary N) is 1. The SMILES string of the molecule is Cn1cc(SCCC2CCCC2N)cn1. The van der Waals surface area contributed by atoms with E-state index < -0.39 is 0 Å². The van der Waals surface area contributed by atoms with Crippen molar-refractivity contribution >= 4 is 11.8 Å². The molecule has 2 rings (SSSR count). The van der Waals surface area contributed by atoms with Gasteiger partial charge in [0, 0.05) is 24.2 Å². The smallest absolute Gasteiger partial charge is 0.0625 e. The van der Waals surface area contributed by atoms with Crippen LogP contribution in [0, 0.1) is 5.92 Å². The van der Waals surface area contributed by atoms with Crippen molar-refractivity contribution < 1.29 is 0 Å². The van der Waals surface area contributed by atoms with E-state index in [0.29, 0.717) is 6.04 Å². The molecule has 1 saturated carbocycles. The summed E-state index contributed by atoms with van der Waals surface area (Å²) in [6.45, 7) is 0. The Morgan fingerprint density at radius 2 is 2.47 bits per heavy atom. The molecule has 3 nitrogen and oxygen atoms in total. The van der Waals surface area contributed by atoms with Crippen molar-refractivity contribution in [1.82, 2.24) is 9.78 Å². The minimum Gasteiger partial charge on any atom is -0.327 e. The second kappa shape index (κ2) is 5.03. The maximum absolute atomic E-state index is 6.04. The Morgan fingerprint density at radius 1 is 1.60 bits per heavy atom. The fourth-order valence-electron chi connectivity index (χ4n) is 2.23. The van der Waals surface area contributed by atoms with E-state index in [4.69, 9.17) is 5.73 Å². The molecule has 1 aliphatic rings. The van der Waals surface area contributed by atoms with Crippen molar-refractivity contribution in [3.63, 3.8) is 0 Å². The van der Waals surface area contributed by atoms with Crippen molar-refractivity contribution in [2.24, 2.45) is 18.7 Å². The number of hydrogen-bond donors (Lipinski definition) is 1. The number of hydrogen-bond acceptors (Lipinski definition) is 3. The summed E-state index contributed by atoms with van der Waals surface area (Å²) in [5.74, 6) is 1.93. The van der Waals surface area contributed by atoms with Gasteiger partial charge in [-0.05, 0) is 30.9 Å². The number of rotatable bonds is 4. The first kappa shape index (κ1) is 11.0. The highest BCUT2D eigenvalue weighted by atomic mass is 32.2. The predicted octanol–water partition coefficient (Wildman–Crippen LogP) is 2.03. The molecule has 0 spiro atoms. The predicted molar refractivity (Wildman–Crippen MR) is 63.9 cm³/mol. The topological polar surface area (TPSA) is 43.8 Å². The van der Waals surface area contributed by atoms with Gasteiger partial charge in [0.05, 0.1) is 6.20 Å². The molecule has 2 unspecified atom stereocenters. The van der Waals surface area contributed by atoms with E-state index in [0.717, 1.165) is 5.92 Å². The van der Waals surface area contributed by atoms with Crippen LogP contribution in [0.4, 0.5) is 0 Å². The van der Waals surface area contributed by atoms with Crippen LogP contribution >= 0.6 is 11.8 Å². The maximum atomic E-state index is 6.04. The van der Waals surface area contributed by atoms with Gasteiger partial charge >= 0.3 is 0 Å². The Hall–Kier alpha value is -0.480. The highest BCUT2D eigenvalue weighted by Crippen LogP contribution is 2.29. The third-order valence-electron chi connectivity index (χ3n) is 3.16. The molecule has 4 heteroatoms. The lowest BCUT2D eigenvalue weighted by atomic mass is 10.0. The van der Waals surface area contributed by atoms with E-state index >= 15 is 0 Å². The molecular weight excluding hydrogens is 206 g/mol. The van der Waals surface area contributed by atoms with Crippen molar-refractivity contribution in [3.05, 3.63) is 12.4 Å². The first-order valence-electron chi connectivity index (χ1n) is 5.63. The standard InChI is InChI=1S/C11H19N3S/c1-14-8-10(7-13-14)15-6-5-9-3-2-4-11(9)12/h7-9,11H,2-6,12H2,1H3. The van der Waals surface area contributed by atoms with Crippen molar-refractivity contribution in [3.8, 4) is 0 Å². The normalized spacial score (nSPS) is 26.0. The molecule has 15 heavy (non-hydrogen) atoms. The van der Waals surface area contributed by atoms with Crippen molar-refractivity contribution in [1.29, 1.82) is 0 Å². The average Bonchev–Trinajstić information content (AvgIpc) is 2.77. The van der Waals surface area contributed by atoms with E-state index in [9.17, 15) is 0 Å². The van der Waals surface area contributed by atoms with Crippen LogP contribution < -0.4 is 5.73 Å². The summed E-state index contributed by atoms with van der Waals surface area (Å²) in [4.78, 5) is 1.27. The summed E-state index contributed by atoms with van der Waals surface area (Å²) in [5, 5.41) is 4.15. The Labute approximate surface area is 95.4 Å². The first-order valence-corrected chi connectivity index (χ1v) is 6.61. The lowest BCUT2D eigenvalue weighted by molar-refractivity contribution is 0.470. The third kappa shape index (κ3) is 2.98. The zero-order valence-corrected chi connectivity index (χ0v) is 10.0. The highest BCUT2D eigenvalue weighted by Gasteiger charge is 2.23. The van der Waals surface area contributed by atoms with E-state index in [1.807, 2.05) is 29.7 Å². The second-order valence-corrected chi connectivity index (χ2v) is 5.51. The Balaban J connectivity index is 1.70. The number of aryl methyl sites for hydroxylation is 1. The maximum Gasteiger partial charge on any atom is 0.0625 e. The second-order valence-electron chi connectivity index (χ2n) is 4.34. The molecule has 1 aliphatic carbocycles. The van der Waals surface area contributed by atoms with Crippen LogP contribution in [0.2, 0.25) is 0 Å². The van der Waals surface area contributed by atoms with E-state index in [1.165, 1.54) is 36.3 Å². The quantitative estimate of drug-likeness (QED) is 0.797. The van der Waals surface area contributed by atoms with E-state index in [2.05, 4.69) is 11.3 Å². The van der Waals surface area contributed by atoms with Gasteiger partial charge in [-0.15, -0.1) is 11.8 Å². The summed E-state index contributed by atoms with van der Waals surface area (Å²) in [6.07, 6.45) is 9.12. The van der Waals surface area contributed by atoms with Crippen LogP contribution in [-0.2, 0) is 7.05 Å². The van der Waals surface area contributed by atoms with Gasteiger partial charge in [0.1, 0.15) is 0 Å². The molecule has 2 atom stereocenters. The molecule has 1 aromatic heterocycles. The molecule has 2 N–H and O–H groups in total. The molecule has 1 fully saturated rings. The van der Waals surface area contributed by atoms with Gasteiger partial charge in [0.15, 0.2) is 0 Å². The van der Waals surface area contributed by atoms with Crippen molar-refractivity contribution in [2.45, 2.75) is 36.6 Å². The monoisotopic (exact) mass is 225 g/mol. The summed E-state index contributed by atoms with van der Waals surface area (Å²) in [7, 11) is 1.96. The lowest BCUT2D eigenvalue weighted by Gasteiger charge is -2.13. The number of thioether (sulfide) groups is 1. The molecule has 84 valence electrons. The fraction of sp³-hybridized carbons (Fsp3) is 0.727. The van der Waals surface area contributed by atoms with Gasteiger partial charge in [0.25, 0.3) is 0 Å². The highest BCUT2D eigenvalue weighted by molar-refractivity contribution is 7.99. The van der Waals surface area contributed by atoms with Crippen LogP contribution in [0.25, 0.3) is 0 Å². The molecule has 0 aliphatic heterocycles. The molecule has 0 amide bonds. The molecule has 0 radical (unpaired) electrons. The molecule has 1 heterocycles. The minimum atomic E-state index is 0.458. The summed E-state index contributed by atoms with van der Waals surface area (Å²) in [6, 6.07) is 0.458. The van der Waals surface area contributed by atoms with Crippen LogP contribution in [0.3, 0.4) is 0 Å². The Kier molecular flexibility index (Phi) is 3.70. The zero-order valence-electron chi connectivity index (χ0n) is 9.22. The first-order chi connectivity index (χ1) is 7.25.